The van der Waals surface area contributed by atoms with Gasteiger partial charge in [-0.1, -0.05) is 0 Å². The van der Waals surface area contributed by atoms with E-state index < -0.39 is 0 Å². The zero-order chi connectivity index (χ0) is 8.97. The second-order valence-electron chi connectivity index (χ2n) is 2.58. The summed E-state index contributed by atoms with van der Waals surface area (Å²) in [4.78, 5) is 17.7. The van der Waals surface area contributed by atoms with Crippen LogP contribution in [0.15, 0.2) is 12.5 Å². The van der Waals surface area contributed by atoms with Crippen molar-refractivity contribution >= 4 is 5.91 Å². The second-order valence-corrected chi connectivity index (χ2v) is 2.58. The molecule has 12 heavy (non-hydrogen) atoms. The summed E-state index contributed by atoms with van der Waals surface area (Å²) in [6.45, 7) is 2.27. The monoisotopic (exact) mass is 168 g/mol. The number of nitrogens with zero attached hydrogens (tertiary/aromatic N) is 1. The average molecular weight is 168 g/mol. The van der Waals surface area contributed by atoms with E-state index in [2.05, 4.69) is 15.3 Å². The Labute approximate surface area is 70.4 Å². The Hall–Kier alpha value is -1.36. The van der Waals surface area contributed by atoms with Crippen molar-refractivity contribution in [1.82, 2.24) is 15.3 Å². The lowest BCUT2D eigenvalue weighted by Crippen LogP contribution is -2.37. The predicted molar refractivity (Wildman–Crippen MR) is 44.6 cm³/mol. The number of aromatic nitrogens is 2. The molecule has 1 aromatic rings. The van der Waals surface area contributed by atoms with E-state index in [9.17, 15) is 4.79 Å². The van der Waals surface area contributed by atoms with Crippen LogP contribution in [0.25, 0.3) is 0 Å². The third kappa shape index (κ3) is 2.06. The summed E-state index contributed by atoms with van der Waals surface area (Å²) in [6.07, 6.45) is 2.93. The van der Waals surface area contributed by atoms with Gasteiger partial charge in [-0.15, -0.1) is 0 Å². The Bertz CT molecular complexity index is 244. The highest BCUT2D eigenvalue weighted by Crippen LogP contribution is 1.90. The van der Waals surface area contributed by atoms with E-state index in [0.717, 1.165) is 0 Å². The molecule has 0 saturated carbocycles. The van der Waals surface area contributed by atoms with E-state index in [-0.39, 0.29) is 11.9 Å². The van der Waals surface area contributed by atoms with Crippen LogP contribution >= 0.6 is 0 Å². The lowest BCUT2D eigenvalue weighted by molar-refractivity contribution is 0.0937. The topological polar surface area (TPSA) is 83.8 Å². The summed E-state index contributed by atoms with van der Waals surface area (Å²) in [7, 11) is 0. The third-order valence-electron chi connectivity index (χ3n) is 1.47. The van der Waals surface area contributed by atoms with Gasteiger partial charge in [0, 0.05) is 12.6 Å². The van der Waals surface area contributed by atoms with Crippen molar-refractivity contribution in [2.45, 2.75) is 13.0 Å². The quantitative estimate of drug-likeness (QED) is 0.568. The summed E-state index contributed by atoms with van der Waals surface area (Å²) < 4.78 is 0. The molecule has 1 heterocycles. The number of carbonyl (C=O) groups is 1. The molecule has 5 nitrogen and oxygen atoms in total. The largest absolute Gasteiger partial charge is 0.347 e. The van der Waals surface area contributed by atoms with Crippen LogP contribution in [-0.2, 0) is 0 Å². The number of imidazole rings is 1. The van der Waals surface area contributed by atoms with Crippen molar-refractivity contribution in [3.8, 4) is 0 Å². The maximum absolute atomic E-state index is 11.2. The van der Waals surface area contributed by atoms with Gasteiger partial charge in [-0.3, -0.25) is 4.79 Å². The first kappa shape index (κ1) is 8.73. The van der Waals surface area contributed by atoms with Gasteiger partial charge in [-0.25, -0.2) is 4.98 Å². The van der Waals surface area contributed by atoms with Gasteiger partial charge in [0.15, 0.2) is 0 Å². The van der Waals surface area contributed by atoms with Crippen molar-refractivity contribution in [1.29, 1.82) is 0 Å². The molecular weight excluding hydrogens is 156 g/mol. The minimum absolute atomic E-state index is 0.0131. The van der Waals surface area contributed by atoms with Crippen LogP contribution in [0.1, 0.15) is 17.4 Å². The summed E-state index contributed by atoms with van der Waals surface area (Å²) >= 11 is 0. The molecule has 0 spiro atoms. The zero-order valence-electron chi connectivity index (χ0n) is 6.87. The number of carbonyl (C=O) groups excluding carboxylic acids is 1. The standard InChI is InChI=1S/C7H12N4O/c1-5(2-8)11-7(12)6-3-9-4-10-6/h3-5H,2,8H2,1H3,(H,9,10)(H,11,12)/t5-/m1/s1. The number of hydrogen-bond donors (Lipinski definition) is 3. The fourth-order valence-corrected chi connectivity index (χ4v) is 0.741. The smallest absolute Gasteiger partial charge is 0.269 e. The normalized spacial score (nSPS) is 12.5. The van der Waals surface area contributed by atoms with Gasteiger partial charge in [0.1, 0.15) is 5.69 Å². The molecule has 66 valence electrons. The van der Waals surface area contributed by atoms with E-state index in [1.807, 2.05) is 6.92 Å². The minimum atomic E-state index is -0.176. The van der Waals surface area contributed by atoms with Gasteiger partial charge >= 0.3 is 0 Å². The lowest BCUT2D eigenvalue weighted by atomic mass is 10.3. The molecule has 0 radical (unpaired) electrons. The number of amides is 1. The fourth-order valence-electron chi connectivity index (χ4n) is 0.741. The molecule has 0 bridgehead atoms. The van der Waals surface area contributed by atoms with Gasteiger partial charge in [0.05, 0.1) is 12.5 Å². The highest BCUT2D eigenvalue weighted by Gasteiger charge is 2.08. The number of hydrogen-bond acceptors (Lipinski definition) is 3. The van der Waals surface area contributed by atoms with Crippen LogP contribution in [0.3, 0.4) is 0 Å². The van der Waals surface area contributed by atoms with Gasteiger partial charge in [0.25, 0.3) is 5.91 Å². The highest BCUT2D eigenvalue weighted by atomic mass is 16.1. The van der Waals surface area contributed by atoms with Gasteiger partial charge in [0.2, 0.25) is 0 Å². The molecule has 0 aliphatic rings. The van der Waals surface area contributed by atoms with Crippen molar-refractivity contribution in [2.75, 3.05) is 6.54 Å². The van der Waals surface area contributed by atoms with E-state index in [0.29, 0.717) is 12.2 Å². The van der Waals surface area contributed by atoms with Crippen molar-refractivity contribution < 1.29 is 4.79 Å². The highest BCUT2D eigenvalue weighted by molar-refractivity contribution is 5.92. The Morgan fingerprint density at radius 1 is 1.92 bits per heavy atom. The molecule has 5 heteroatoms. The summed E-state index contributed by atoms with van der Waals surface area (Å²) in [5.74, 6) is -0.176. The maximum Gasteiger partial charge on any atom is 0.269 e. The number of nitrogens with one attached hydrogen (secondary N) is 2. The molecule has 0 unspecified atom stereocenters. The first-order valence-electron chi connectivity index (χ1n) is 3.73. The Morgan fingerprint density at radius 3 is 3.17 bits per heavy atom. The molecule has 4 N–H and O–H groups in total. The van der Waals surface area contributed by atoms with Crippen LogP contribution in [-0.4, -0.2) is 28.5 Å². The Morgan fingerprint density at radius 2 is 2.67 bits per heavy atom. The predicted octanol–water partition coefficient (Wildman–Crippen LogP) is -0.513. The van der Waals surface area contributed by atoms with Crippen LogP contribution in [0.4, 0.5) is 0 Å². The summed E-state index contributed by atoms with van der Waals surface area (Å²) in [5, 5.41) is 2.70. The minimum Gasteiger partial charge on any atom is -0.347 e. The fraction of sp³-hybridized carbons (Fsp3) is 0.429. The van der Waals surface area contributed by atoms with Crippen LogP contribution in [0.2, 0.25) is 0 Å². The van der Waals surface area contributed by atoms with E-state index >= 15 is 0 Å². The van der Waals surface area contributed by atoms with E-state index in [1.165, 1.54) is 12.5 Å². The van der Waals surface area contributed by atoms with E-state index in [4.69, 9.17) is 5.73 Å². The Kier molecular flexibility index (Phi) is 2.82. The van der Waals surface area contributed by atoms with Crippen molar-refractivity contribution in [3.05, 3.63) is 18.2 Å². The van der Waals surface area contributed by atoms with Gasteiger partial charge in [-0.2, -0.15) is 0 Å². The van der Waals surface area contributed by atoms with E-state index in [1.54, 1.807) is 0 Å². The first-order valence-corrected chi connectivity index (χ1v) is 3.73. The number of rotatable bonds is 3. The number of H-pyrrole nitrogens is 1. The van der Waals surface area contributed by atoms with Crippen molar-refractivity contribution in [3.63, 3.8) is 0 Å². The van der Waals surface area contributed by atoms with Gasteiger partial charge in [-0.05, 0) is 6.92 Å². The number of aromatic amines is 1. The average Bonchev–Trinajstić information content (AvgIpc) is 2.56. The third-order valence-corrected chi connectivity index (χ3v) is 1.47. The molecule has 0 fully saturated rings. The molecule has 1 amide bonds. The van der Waals surface area contributed by atoms with Crippen LogP contribution < -0.4 is 11.1 Å². The summed E-state index contributed by atoms with van der Waals surface area (Å²) in [5.41, 5.74) is 5.79. The van der Waals surface area contributed by atoms with Crippen LogP contribution in [0.5, 0.6) is 0 Å². The molecule has 1 rings (SSSR count). The molecule has 0 saturated heterocycles. The SMILES string of the molecule is C[C@H](CN)NC(=O)c1cnc[nH]1. The molecule has 1 atom stereocenters. The first-order chi connectivity index (χ1) is 5.74. The second kappa shape index (κ2) is 3.87. The van der Waals surface area contributed by atoms with Gasteiger partial charge < -0.3 is 16.0 Å². The molecule has 0 aliphatic carbocycles. The molecule has 0 aliphatic heterocycles. The molecular formula is C7H12N4O. The van der Waals surface area contributed by atoms with Crippen molar-refractivity contribution in [2.24, 2.45) is 5.73 Å². The number of nitrogens with two attached hydrogens (primary N) is 1. The lowest BCUT2D eigenvalue weighted by Gasteiger charge is -2.09. The van der Waals surface area contributed by atoms with Crippen LogP contribution in [0, 0.1) is 0 Å². The zero-order valence-corrected chi connectivity index (χ0v) is 6.87. The summed E-state index contributed by atoms with van der Waals surface area (Å²) in [6, 6.07) is -0.0131. The molecule has 0 aromatic carbocycles. The Balaban J connectivity index is 2.50. The molecule has 1 aromatic heterocycles. The maximum atomic E-state index is 11.2.